The van der Waals surface area contributed by atoms with Crippen LogP contribution in [0.1, 0.15) is 85.0 Å². The number of carboxylic acid groups (broad SMARTS) is 1. The van der Waals surface area contributed by atoms with Crippen molar-refractivity contribution in [1.29, 1.82) is 0 Å². The van der Waals surface area contributed by atoms with E-state index in [4.69, 9.17) is 9.84 Å². The Morgan fingerprint density at radius 3 is 2.58 bits per heavy atom. The maximum Gasteiger partial charge on any atom is 0.325 e. The van der Waals surface area contributed by atoms with Crippen LogP contribution in [0.25, 0.3) is 0 Å². The smallest absolute Gasteiger partial charge is 0.325 e. The van der Waals surface area contributed by atoms with E-state index in [0.29, 0.717) is 24.2 Å². The van der Waals surface area contributed by atoms with Crippen molar-refractivity contribution in [3.8, 4) is 0 Å². The number of allylic oxidation sites excluding steroid dienone is 1. The molecule has 0 saturated heterocycles. The topological polar surface area (TPSA) is 110 Å². The number of nitrogens with one attached hydrogen (secondary N) is 1. The average Bonchev–Trinajstić information content (AvgIpc) is 3.09. The first-order valence-electron chi connectivity index (χ1n) is 12.5. The number of carboxylic acids is 1. The Kier molecular flexibility index (Phi) is 6.45. The number of rotatable bonds is 6. The van der Waals surface area contributed by atoms with E-state index in [2.05, 4.69) is 19.2 Å². The lowest BCUT2D eigenvalue weighted by molar-refractivity contribution is -0.160. The molecule has 7 nitrogen and oxygen atoms in total. The molecule has 7 heteroatoms. The zero-order valence-electron chi connectivity index (χ0n) is 20.0. The summed E-state index contributed by atoms with van der Waals surface area (Å²) < 4.78 is 5.92. The number of fused-ring (bicyclic) bond motifs is 5. The Balaban J connectivity index is 1.37. The monoisotopic (exact) mass is 459 g/mol. The van der Waals surface area contributed by atoms with Crippen molar-refractivity contribution in [2.24, 2.45) is 28.6 Å². The van der Waals surface area contributed by atoms with Gasteiger partial charge in [-0.3, -0.25) is 19.2 Å². The van der Waals surface area contributed by atoms with Crippen LogP contribution in [0.2, 0.25) is 0 Å². The second-order valence-electron chi connectivity index (χ2n) is 11.2. The minimum atomic E-state index is -1.11. The van der Waals surface area contributed by atoms with Crippen LogP contribution in [0.15, 0.2) is 11.6 Å². The first-order valence-corrected chi connectivity index (χ1v) is 12.5. The molecule has 0 unspecified atom stereocenters. The lowest BCUT2D eigenvalue weighted by atomic mass is 9.47. The van der Waals surface area contributed by atoms with Crippen LogP contribution < -0.4 is 5.32 Å². The van der Waals surface area contributed by atoms with Gasteiger partial charge in [0.1, 0.15) is 12.1 Å². The van der Waals surface area contributed by atoms with E-state index in [1.54, 1.807) is 0 Å². The summed E-state index contributed by atoms with van der Waals surface area (Å²) in [5.74, 6) is 0.0526. The number of hydrogen-bond donors (Lipinski definition) is 2. The number of esters is 1. The molecule has 0 aliphatic heterocycles. The van der Waals surface area contributed by atoms with E-state index in [1.807, 2.05) is 6.08 Å². The van der Waals surface area contributed by atoms with E-state index in [-0.39, 0.29) is 41.5 Å². The molecule has 4 rings (SSSR count). The van der Waals surface area contributed by atoms with Gasteiger partial charge in [0.05, 0.1) is 6.42 Å². The molecule has 0 aromatic carbocycles. The minimum Gasteiger partial charge on any atom is -0.480 e. The van der Waals surface area contributed by atoms with E-state index < -0.39 is 17.9 Å². The Hall–Kier alpha value is -2.18. The zero-order chi connectivity index (χ0) is 24.0. The predicted octanol–water partition coefficient (Wildman–Crippen LogP) is 3.80. The van der Waals surface area contributed by atoms with Crippen molar-refractivity contribution in [3.05, 3.63) is 11.6 Å². The third-order valence-corrected chi connectivity index (χ3v) is 9.45. The van der Waals surface area contributed by atoms with Gasteiger partial charge in [0, 0.05) is 18.3 Å². The average molecular weight is 460 g/mol. The van der Waals surface area contributed by atoms with Crippen molar-refractivity contribution < 1.29 is 29.0 Å². The zero-order valence-corrected chi connectivity index (χ0v) is 20.0. The molecule has 7 atom stereocenters. The normalized spacial score (nSPS) is 38.3. The third kappa shape index (κ3) is 4.35. The molecule has 182 valence electrons. The van der Waals surface area contributed by atoms with E-state index in [1.165, 1.54) is 12.5 Å². The number of carbonyl (C=O) groups is 4. The van der Waals surface area contributed by atoms with E-state index in [9.17, 15) is 19.2 Å². The highest BCUT2D eigenvalue weighted by Gasteiger charge is 2.59. The maximum atomic E-state index is 12.5. The fourth-order valence-electron chi connectivity index (χ4n) is 7.51. The number of amides is 1. The SMILES string of the molecule is C[C@H](NC(=O)CCC(=O)O[C@@H]1CC[C@@H]2[C@H]3CCC4=CC(=O)CC[C@]4(C)[C@H]3CC[C@@]21C)C(=O)O. The van der Waals surface area contributed by atoms with Gasteiger partial charge in [-0.25, -0.2) is 0 Å². The molecule has 4 aliphatic rings. The van der Waals surface area contributed by atoms with Crippen molar-refractivity contribution >= 4 is 23.6 Å². The van der Waals surface area contributed by atoms with Crippen LogP contribution >= 0.6 is 0 Å². The molecule has 0 aromatic rings. The Morgan fingerprint density at radius 2 is 1.85 bits per heavy atom. The molecule has 1 amide bonds. The first-order chi connectivity index (χ1) is 15.5. The molecule has 33 heavy (non-hydrogen) atoms. The highest BCUT2D eigenvalue weighted by molar-refractivity contribution is 5.91. The summed E-state index contributed by atoms with van der Waals surface area (Å²) in [5.41, 5.74) is 1.45. The van der Waals surface area contributed by atoms with Crippen molar-refractivity contribution in [2.75, 3.05) is 0 Å². The van der Waals surface area contributed by atoms with Crippen LogP contribution in [-0.2, 0) is 23.9 Å². The summed E-state index contributed by atoms with van der Waals surface area (Å²) >= 11 is 0. The molecular formula is C26H37NO6. The van der Waals surface area contributed by atoms with Gasteiger partial charge in [-0.2, -0.15) is 0 Å². The standard InChI is InChI=1S/C26H37NO6/c1-15(24(31)32)27-22(29)8-9-23(30)33-21-7-6-19-18-5-4-16-14-17(28)10-12-25(16,2)20(18)11-13-26(19,21)3/h14-15,18-21H,4-13H2,1-3H3,(H,27,29)(H,31,32)/t15-,18+,19+,20-,21+,25-,26-/m0/s1. The number of ketones is 1. The molecule has 4 aliphatic carbocycles. The first kappa shape index (κ1) is 24.0. The molecule has 3 fully saturated rings. The summed E-state index contributed by atoms with van der Waals surface area (Å²) in [6.07, 6.45) is 9.46. The van der Waals surface area contributed by atoms with Gasteiger partial charge in [-0.1, -0.05) is 19.4 Å². The number of hydrogen-bond acceptors (Lipinski definition) is 5. The number of carbonyl (C=O) groups excluding carboxylic acids is 3. The Bertz CT molecular complexity index is 880. The minimum absolute atomic E-state index is 0.0400. The molecule has 0 bridgehead atoms. The Labute approximate surface area is 195 Å². The van der Waals surface area contributed by atoms with Gasteiger partial charge >= 0.3 is 11.9 Å². The van der Waals surface area contributed by atoms with Gasteiger partial charge in [-0.05, 0) is 81.1 Å². The fraction of sp³-hybridized carbons (Fsp3) is 0.769. The molecular weight excluding hydrogens is 422 g/mol. The van der Waals surface area contributed by atoms with E-state index >= 15 is 0 Å². The van der Waals surface area contributed by atoms with Crippen LogP contribution in [0.4, 0.5) is 0 Å². The highest BCUT2D eigenvalue weighted by Crippen LogP contribution is 2.65. The molecule has 2 N–H and O–H groups in total. The third-order valence-electron chi connectivity index (χ3n) is 9.45. The van der Waals surface area contributed by atoms with Gasteiger partial charge in [0.15, 0.2) is 5.78 Å². The van der Waals surface area contributed by atoms with E-state index in [0.717, 1.165) is 44.9 Å². The van der Waals surface area contributed by atoms with Crippen molar-refractivity contribution in [3.63, 3.8) is 0 Å². The number of ether oxygens (including phenoxy) is 1. The maximum absolute atomic E-state index is 12.5. The summed E-state index contributed by atoms with van der Waals surface area (Å²) in [6.45, 7) is 6.04. The van der Waals surface area contributed by atoms with Crippen LogP contribution in [0.5, 0.6) is 0 Å². The van der Waals surface area contributed by atoms with Gasteiger partial charge < -0.3 is 15.2 Å². The fourth-order valence-corrected chi connectivity index (χ4v) is 7.51. The van der Waals surface area contributed by atoms with Crippen LogP contribution in [-0.4, -0.2) is 40.9 Å². The summed E-state index contributed by atoms with van der Waals surface area (Å²) in [6, 6.07) is -0.979. The second-order valence-corrected chi connectivity index (χ2v) is 11.2. The molecule has 0 spiro atoms. The van der Waals surface area contributed by atoms with Gasteiger partial charge in [0.25, 0.3) is 0 Å². The highest BCUT2D eigenvalue weighted by atomic mass is 16.5. The van der Waals surface area contributed by atoms with Gasteiger partial charge in [-0.15, -0.1) is 0 Å². The molecule has 0 aromatic heterocycles. The van der Waals surface area contributed by atoms with Crippen LogP contribution in [0, 0.1) is 28.6 Å². The molecule has 3 saturated carbocycles. The van der Waals surface area contributed by atoms with Crippen molar-refractivity contribution in [2.45, 2.75) is 97.1 Å². The molecule has 0 heterocycles. The molecule has 0 radical (unpaired) electrons. The Morgan fingerprint density at radius 1 is 1.09 bits per heavy atom. The van der Waals surface area contributed by atoms with Crippen LogP contribution in [0.3, 0.4) is 0 Å². The summed E-state index contributed by atoms with van der Waals surface area (Å²) in [4.78, 5) is 47.3. The lowest BCUT2D eigenvalue weighted by Gasteiger charge is -2.57. The van der Waals surface area contributed by atoms with Crippen molar-refractivity contribution in [1.82, 2.24) is 5.32 Å². The quantitative estimate of drug-likeness (QED) is 0.585. The predicted molar refractivity (Wildman–Crippen MR) is 121 cm³/mol. The largest absolute Gasteiger partial charge is 0.480 e. The summed E-state index contributed by atoms with van der Waals surface area (Å²) in [7, 11) is 0. The lowest BCUT2D eigenvalue weighted by Crippen LogP contribution is -2.51. The number of aliphatic carboxylic acids is 1. The second kappa shape index (κ2) is 8.88. The summed E-state index contributed by atoms with van der Waals surface area (Å²) in [5, 5.41) is 11.3. The van der Waals surface area contributed by atoms with Gasteiger partial charge in [0.2, 0.25) is 5.91 Å².